The van der Waals surface area contributed by atoms with Gasteiger partial charge in [0.25, 0.3) is 5.91 Å². The van der Waals surface area contributed by atoms with Gasteiger partial charge in [0.1, 0.15) is 18.2 Å². The van der Waals surface area contributed by atoms with Crippen LogP contribution in [-0.4, -0.2) is 70.8 Å². The van der Waals surface area contributed by atoms with Crippen molar-refractivity contribution in [2.45, 2.75) is 38.6 Å². The van der Waals surface area contributed by atoms with Crippen molar-refractivity contribution in [2.24, 2.45) is 0 Å². The number of aromatic amines is 1. The van der Waals surface area contributed by atoms with Crippen LogP contribution in [0.4, 0.5) is 0 Å². The predicted octanol–water partition coefficient (Wildman–Crippen LogP) is 3.48. The molecule has 0 spiro atoms. The zero-order valence-electron chi connectivity index (χ0n) is 17.7. The molecule has 158 valence electrons. The van der Waals surface area contributed by atoms with Gasteiger partial charge in [0.15, 0.2) is 4.77 Å². The first-order valence-corrected chi connectivity index (χ1v) is 10.6. The third-order valence-electron chi connectivity index (χ3n) is 5.31. The summed E-state index contributed by atoms with van der Waals surface area (Å²) in [6.45, 7) is 6.98. The van der Waals surface area contributed by atoms with Gasteiger partial charge in [-0.3, -0.25) is 9.89 Å². The highest BCUT2D eigenvalue weighted by molar-refractivity contribution is 7.71. The Balaban J connectivity index is 1.66. The van der Waals surface area contributed by atoms with Gasteiger partial charge in [0, 0.05) is 31.6 Å². The third-order valence-corrected chi connectivity index (χ3v) is 5.60. The number of piperidine rings is 1. The number of likely N-dealkylation sites (N-methyl/N-ethyl adjacent to an activating group) is 1. The number of carbonyl (C=O) groups excluding carboxylic acids is 1. The number of para-hydroxylation sites is 1. The summed E-state index contributed by atoms with van der Waals surface area (Å²) in [5, 5.41) is 7.39. The second-order valence-electron chi connectivity index (χ2n) is 8.07. The first kappa shape index (κ1) is 21.5. The van der Waals surface area contributed by atoms with Crippen molar-refractivity contribution in [3.05, 3.63) is 40.4 Å². The molecule has 0 bridgehead atoms. The Kier molecular flexibility index (Phi) is 7.08. The van der Waals surface area contributed by atoms with Gasteiger partial charge in [-0.25, -0.2) is 0 Å². The van der Waals surface area contributed by atoms with Crippen LogP contribution in [0.5, 0.6) is 5.75 Å². The summed E-state index contributed by atoms with van der Waals surface area (Å²) >= 11 is 5.38. The number of ether oxygens (including phenoxy) is 1. The number of hydrogen-bond donors (Lipinski definition) is 1. The smallest absolute Gasteiger partial charge is 0.257 e. The fraction of sp³-hybridized carbons (Fsp3) is 0.571. The zero-order valence-corrected chi connectivity index (χ0v) is 18.5. The van der Waals surface area contributed by atoms with E-state index in [1.54, 1.807) is 0 Å². The molecule has 1 aromatic carbocycles. The highest BCUT2D eigenvalue weighted by Crippen LogP contribution is 2.30. The average Bonchev–Trinajstić information content (AvgIpc) is 3.09. The number of nitrogens with zero attached hydrogens (tertiary/aromatic N) is 4. The van der Waals surface area contributed by atoms with Gasteiger partial charge < -0.3 is 19.1 Å². The largest absolute Gasteiger partial charge is 0.491 e. The maximum Gasteiger partial charge on any atom is 0.257 e. The molecule has 1 aliphatic heterocycles. The molecule has 1 amide bonds. The molecule has 1 saturated heterocycles. The molecule has 3 rings (SSSR count). The molecule has 0 radical (unpaired) electrons. The van der Waals surface area contributed by atoms with E-state index in [-0.39, 0.29) is 11.9 Å². The molecule has 8 heteroatoms. The minimum Gasteiger partial charge on any atom is -0.491 e. The summed E-state index contributed by atoms with van der Waals surface area (Å²) in [4.78, 5) is 17.1. The Hall–Kier alpha value is -2.19. The Morgan fingerprint density at radius 3 is 2.66 bits per heavy atom. The highest BCUT2D eigenvalue weighted by atomic mass is 32.1. The summed E-state index contributed by atoms with van der Waals surface area (Å²) in [5.74, 6) is 2.00. The van der Waals surface area contributed by atoms with Crippen molar-refractivity contribution in [1.29, 1.82) is 0 Å². The second-order valence-corrected chi connectivity index (χ2v) is 8.45. The van der Waals surface area contributed by atoms with Crippen molar-refractivity contribution < 1.29 is 9.53 Å². The maximum atomic E-state index is 13.1. The molecule has 2 heterocycles. The van der Waals surface area contributed by atoms with Gasteiger partial charge in [-0.15, -0.1) is 0 Å². The first-order chi connectivity index (χ1) is 13.9. The van der Waals surface area contributed by atoms with Crippen molar-refractivity contribution in [3.63, 3.8) is 0 Å². The molecular formula is C21H31N5O2S. The minimum atomic E-state index is 0.0339. The third kappa shape index (κ3) is 5.05. The van der Waals surface area contributed by atoms with E-state index in [2.05, 4.69) is 33.5 Å². The molecule has 0 unspecified atom stereocenters. The number of rotatable bonds is 7. The number of benzene rings is 1. The molecule has 29 heavy (non-hydrogen) atoms. The van der Waals surface area contributed by atoms with Gasteiger partial charge >= 0.3 is 0 Å². The maximum absolute atomic E-state index is 13.1. The van der Waals surface area contributed by atoms with Crippen LogP contribution in [0.3, 0.4) is 0 Å². The summed E-state index contributed by atoms with van der Waals surface area (Å²) < 4.78 is 8.63. The molecule has 0 atom stereocenters. The number of amides is 1. The number of aromatic nitrogens is 3. The summed E-state index contributed by atoms with van der Waals surface area (Å²) in [7, 11) is 4.00. The van der Waals surface area contributed by atoms with Gasteiger partial charge in [-0.05, 0) is 65.1 Å². The number of hydrogen-bond acceptors (Lipinski definition) is 5. The summed E-state index contributed by atoms with van der Waals surface area (Å²) in [6.07, 6.45) is 1.75. The van der Waals surface area contributed by atoms with Crippen molar-refractivity contribution >= 4 is 18.1 Å². The normalized spacial score (nSPS) is 15.3. The van der Waals surface area contributed by atoms with E-state index in [0.717, 1.165) is 25.2 Å². The van der Waals surface area contributed by atoms with Crippen LogP contribution >= 0.6 is 12.2 Å². The molecule has 2 aromatic rings. The number of nitrogens with one attached hydrogen (secondary N) is 1. The summed E-state index contributed by atoms with van der Waals surface area (Å²) in [5.41, 5.74) is 0.634. The van der Waals surface area contributed by atoms with Crippen LogP contribution < -0.4 is 4.74 Å². The standard InChI is InChI=1S/C21H31N5O2S/c1-15(2)26-19(22-23-21(26)29)16-9-11-25(12-10-16)20(27)17-7-5-6-8-18(17)28-14-13-24(3)4/h5-8,15-16H,9-14H2,1-4H3,(H,23,29). The fourth-order valence-electron chi connectivity index (χ4n) is 3.72. The van der Waals surface area contributed by atoms with Crippen molar-refractivity contribution in [1.82, 2.24) is 24.6 Å². The molecular weight excluding hydrogens is 386 g/mol. The van der Waals surface area contributed by atoms with E-state index in [4.69, 9.17) is 17.0 Å². The highest BCUT2D eigenvalue weighted by Gasteiger charge is 2.29. The lowest BCUT2D eigenvalue weighted by atomic mass is 9.95. The minimum absolute atomic E-state index is 0.0339. The molecule has 0 aliphatic carbocycles. The van der Waals surface area contributed by atoms with Crippen LogP contribution in [0, 0.1) is 4.77 Å². The summed E-state index contributed by atoms with van der Waals surface area (Å²) in [6, 6.07) is 7.78. The number of carbonyl (C=O) groups is 1. The average molecular weight is 418 g/mol. The van der Waals surface area contributed by atoms with Gasteiger partial charge in [-0.2, -0.15) is 5.10 Å². The Bertz CT molecular complexity index is 881. The Morgan fingerprint density at radius 2 is 2.00 bits per heavy atom. The van der Waals surface area contributed by atoms with Crippen LogP contribution in [0.2, 0.25) is 0 Å². The quantitative estimate of drug-likeness (QED) is 0.699. The van der Waals surface area contributed by atoms with E-state index < -0.39 is 0 Å². The van der Waals surface area contributed by atoms with E-state index in [9.17, 15) is 4.79 Å². The Labute approximate surface area is 177 Å². The van der Waals surface area contributed by atoms with Crippen LogP contribution in [0.15, 0.2) is 24.3 Å². The van der Waals surface area contributed by atoms with E-state index >= 15 is 0 Å². The van der Waals surface area contributed by atoms with Crippen LogP contribution in [0.1, 0.15) is 54.8 Å². The molecule has 1 N–H and O–H groups in total. The molecule has 7 nitrogen and oxygen atoms in total. The van der Waals surface area contributed by atoms with Crippen LogP contribution in [0.25, 0.3) is 0 Å². The fourth-order valence-corrected chi connectivity index (χ4v) is 4.07. The lowest BCUT2D eigenvalue weighted by molar-refractivity contribution is 0.0705. The van der Waals surface area contributed by atoms with E-state index in [1.807, 2.05) is 43.3 Å². The molecule has 1 aliphatic rings. The SMILES string of the molecule is CC(C)n1c(C2CCN(C(=O)c3ccccc3OCCN(C)C)CC2)n[nH]c1=S. The Morgan fingerprint density at radius 1 is 1.31 bits per heavy atom. The predicted molar refractivity (Wildman–Crippen MR) is 116 cm³/mol. The monoisotopic (exact) mass is 417 g/mol. The molecule has 0 saturated carbocycles. The topological polar surface area (TPSA) is 66.4 Å². The van der Waals surface area contributed by atoms with Gasteiger partial charge in [0.05, 0.1) is 5.56 Å². The second kappa shape index (κ2) is 9.54. The van der Waals surface area contributed by atoms with E-state index in [1.165, 1.54) is 0 Å². The number of H-pyrrole nitrogens is 1. The van der Waals surface area contributed by atoms with Crippen molar-refractivity contribution in [3.8, 4) is 5.75 Å². The zero-order chi connectivity index (χ0) is 21.0. The van der Waals surface area contributed by atoms with Gasteiger partial charge in [-0.1, -0.05) is 12.1 Å². The molecule has 1 aromatic heterocycles. The van der Waals surface area contributed by atoms with Crippen molar-refractivity contribution in [2.75, 3.05) is 40.3 Å². The molecule has 1 fully saturated rings. The van der Waals surface area contributed by atoms with Gasteiger partial charge in [0.2, 0.25) is 0 Å². The lowest BCUT2D eigenvalue weighted by Crippen LogP contribution is -2.38. The van der Waals surface area contributed by atoms with E-state index in [0.29, 0.717) is 41.7 Å². The number of likely N-dealkylation sites (tertiary alicyclic amines) is 1. The first-order valence-electron chi connectivity index (χ1n) is 10.2. The van der Waals surface area contributed by atoms with Crippen LogP contribution in [-0.2, 0) is 0 Å². The lowest BCUT2D eigenvalue weighted by Gasteiger charge is -2.32.